The van der Waals surface area contributed by atoms with Crippen molar-refractivity contribution >= 4 is 5.82 Å². The Bertz CT molecular complexity index is 677. The second-order valence-electron chi connectivity index (χ2n) is 6.72. The molecule has 0 radical (unpaired) electrons. The molecule has 2 aromatic rings. The molecule has 1 atom stereocenters. The third-order valence-corrected chi connectivity index (χ3v) is 4.99. The molecule has 4 heterocycles. The number of rotatable bonds is 2. The lowest BCUT2D eigenvalue weighted by Crippen LogP contribution is -2.37. The number of nitrogens with zero attached hydrogens (tertiary/aromatic N) is 6. The smallest absolute Gasteiger partial charge is 0.176 e. The van der Waals surface area contributed by atoms with E-state index >= 15 is 0 Å². The standard InChI is InChI=1S/C17H24N6/c1-13-11-14(2)23(20-13)17-7-6-16(18-19-17)22-10-4-9-21-8-3-5-15(21)12-22/h6-7,11,15H,3-5,8-10,12H2,1-2H3/t15-/m1/s1. The van der Waals surface area contributed by atoms with Crippen molar-refractivity contribution in [2.45, 2.75) is 39.2 Å². The summed E-state index contributed by atoms with van der Waals surface area (Å²) in [5, 5.41) is 13.4. The van der Waals surface area contributed by atoms with Crippen molar-refractivity contribution in [3.05, 3.63) is 29.6 Å². The van der Waals surface area contributed by atoms with E-state index in [-0.39, 0.29) is 0 Å². The van der Waals surface area contributed by atoms with Crippen molar-refractivity contribution in [3.63, 3.8) is 0 Å². The summed E-state index contributed by atoms with van der Waals surface area (Å²) in [4.78, 5) is 5.03. The second-order valence-corrected chi connectivity index (χ2v) is 6.72. The van der Waals surface area contributed by atoms with Gasteiger partial charge in [-0.15, -0.1) is 10.2 Å². The van der Waals surface area contributed by atoms with Crippen LogP contribution in [-0.2, 0) is 0 Å². The lowest BCUT2D eigenvalue weighted by molar-refractivity contribution is 0.273. The lowest BCUT2D eigenvalue weighted by Gasteiger charge is -2.26. The van der Waals surface area contributed by atoms with Gasteiger partial charge in [0.1, 0.15) is 0 Å². The molecule has 0 bridgehead atoms. The van der Waals surface area contributed by atoms with Crippen LogP contribution in [0.5, 0.6) is 0 Å². The lowest BCUT2D eigenvalue weighted by atomic mass is 10.2. The van der Waals surface area contributed by atoms with E-state index in [1.807, 2.05) is 24.6 Å². The van der Waals surface area contributed by atoms with Gasteiger partial charge in [0.15, 0.2) is 11.6 Å². The maximum Gasteiger partial charge on any atom is 0.176 e. The third-order valence-electron chi connectivity index (χ3n) is 4.99. The molecule has 2 aliphatic rings. The number of aryl methyl sites for hydroxylation is 2. The van der Waals surface area contributed by atoms with E-state index in [2.05, 4.69) is 37.2 Å². The van der Waals surface area contributed by atoms with E-state index in [9.17, 15) is 0 Å². The summed E-state index contributed by atoms with van der Waals surface area (Å²) < 4.78 is 1.85. The number of hydrogen-bond donors (Lipinski definition) is 0. The first-order chi connectivity index (χ1) is 11.2. The van der Waals surface area contributed by atoms with E-state index in [4.69, 9.17) is 0 Å². The number of hydrogen-bond acceptors (Lipinski definition) is 5. The van der Waals surface area contributed by atoms with Gasteiger partial charge in [0.05, 0.1) is 5.69 Å². The van der Waals surface area contributed by atoms with Crippen LogP contribution >= 0.6 is 0 Å². The highest BCUT2D eigenvalue weighted by Crippen LogP contribution is 2.24. The molecule has 0 N–H and O–H groups in total. The average Bonchev–Trinajstić information content (AvgIpc) is 3.07. The Balaban J connectivity index is 1.54. The minimum atomic E-state index is 0.690. The van der Waals surface area contributed by atoms with Crippen molar-refractivity contribution < 1.29 is 0 Å². The monoisotopic (exact) mass is 312 g/mol. The van der Waals surface area contributed by atoms with Crippen molar-refractivity contribution in [2.75, 3.05) is 31.1 Å². The molecule has 2 fully saturated rings. The van der Waals surface area contributed by atoms with Crippen LogP contribution in [0, 0.1) is 13.8 Å². The topological polar surface area (TPSA) is 50.1 Å². The summed E-state index contributed by atoms with van der Waals surface area (Å²) >= 11 is 0. The van der Waals surface area contributed by atoms with Gasteiger partial charge in [-0.3, -0.25) is 4.90 Å². The highest BCUT2D eigenvalue weighted by molar-refractivity contribution is 5.40. The minimum absolute atomic E-state index is 0.690. The van der Waals surface area contributed by atoms with Crippen LogP contribution in [0.2, 0.25) is 0 Å². The van der Waals surface area contributed by atoms with E-state index in [1.54, 1.807) is 0 Å². The normalized spacial score (nSPS) is 22.2. The molecular formula is C17H24N6. The van der Waals surface area contributed by atoms with Gasteiger partial charge in [-0.2, -0.15) is 5.10 Å². The molecular weight excluding hydrogens is 288 g/mol. The zero-order chi connectivity index (χ0) is 15.8. The summed E-state index contributed by atoms with van der Waals surface area (Å²) in [6, 6.07) is 6.86. The summed E-state index contributed by atoms with van der Waals surface area (Å²) in [6.07, 6.45) is 3.85. The Kier molecular flexibility index (Phi) is 3.77. The summed E-state index contributed by atoms with van der Waals surface area (Å²) in [5.41, 5.74) is 2.09. The first-order valence-electron chi connectivity index (χ1n) is 8.57. The number of anilines is 1. The van der Waals surface area contributed by atoms with E-state index in [0.717, 1.165) is 36.1 Å². The molecule has 0 unspecified atom stereocenters. The van der Waals surface area contributed by atoms with Crippen molar-refractivity contribution in [1.82, 2.24) is 24.9 Å². The summed E-state index contributed by atoms with van der Waals surface area (Å²) in [7, 11) is 0. The van der Waals surface area contributed by atoms with Gasteiger partial charge in [0, 0.05) is 31.4 Å². The second kappa shape index (κ2) is 5.92. The van der Waals surface area contributed by atoms with Crippen molar-refractivity contribution in [1.29, 1.82) is 0 Å². The van der Waals surface area contributed by atoms with Crippen LogP contribution in [0.15, 0.2) is 18.2 Å². The Morgan fingerprint density at radius 3 is 2.52 bits per heavy atom. The molecule has 6 nitrogen and oxygen atoms in total. The molecule has 0 spiro atoms. The van der Waals surface area contributed by atoms with E-state index in [0.29, 0.717) is 6.04 Å². The SMILES string of the molecule is Cc1cc(C)n(-c2ccc(N3CCCN4CCC[C@@H]4C3)nn2)n1. The Morgan fingerprint density at radius 1 is 1.00 bits per heavy atom. The van der Waals surface area contributed by atoms with Gasteiger partial charge in [0.25, 0.3) is 0 Å². The summed E-state index contributed by atoms with van der Waals surface area (Å²) in [5.74, 6) is 1.78. The molecule has 2 aromatic heterocycles. The molecule has 0 saturated carbocycles. The quantitative estimate of drug-likeness (QED) is 0.848. The highest BCUT2D eigenvalue weighted by atomic mass is 15.4. The maximum atomic E-state index is 4.48. The maximum absolute atomic E-state index is 4.48. The van der Waals surface area contributed by atoms with Crippen LogP contribution in [0.4, 0.5) is 5.82 Å². The highest BCUT2D eigenvalue weighted by Gasteiger charge is 2.29. The predicted octanol–water partition coefficient (Wildman–Crippen LogP) is 1.95. The Hall–Kier alpha value is -1.95. The van der Waals surface area contributed by atoms with Crippen LogP contribution in [-0.4, -0.2) is 57.1 Å². The van der Waals surface area contributed by atoms with Gasteiger partial charge in [0.2, 0.25) is 0 Å². The fourth-order valence-corrected chi connectivity index (χ4v) is 3.88. The van der Waals surface area contributed by atoms with Gasteiger partial charge in [-0.1, -0.05) is 0 Å². The summed E-state index contributed by atoms with van der Waals surface area (Å²) in [6.45, 7) is 8.67. The fourth-order valence-electron chi connectivity index (χ4n) is 3.88. The predicted molar refractivity (Wildman–Crippen MR) is 90.1 cm³/mol. The molecule has 0 aromatic carbocycles. The van der Waals surface area contributed by atoms with Crippen molar-refractivity contribution in [2.24, 2.45) is 0 Å². The fraction of sp³-hybridized carbons (Fsp3) is 0.588. The van der Waals surface area contributed by atoms with E-state index < -0.39 is 0 Å². The largest absolute Gasteiger partial charge is 0.354 e. The molecule has 2 aliphatic heterocycles. The Morgan fingerprint density at radius 2 is 1.78 bits per heavy atom. The van der Waals surface area contributed by atoms with Gasteiger partial charge < -0.3 is 4.90 Å². The first kappa shape index (κ1) is 14.6. The van der Waals surface area contributed by atoms with Gasteiger partial charge >= 0.3 is 0 Å². The molecule has 4 rings (SSSR count). The Labute approximate surface area is 137 Å². The van der Waals surface area contributed by atoms with Gasteiger partial charge in [-0.05, 0) is 57.9 Å². The van der Waals surface area contributed by atoms with E-state index in [1.165, 1.54) is 32.4 Å². The van der Waals surface area contributed by atoms with Crippen LogP contribution in [0.3, 0.4) is 0 Å². The zero-order valence-electron chi connectivity index (χ0n) is 13.9. The van der Waals surface area contributed by atoms with Crippen LogP contribution < -0.4 is 4.90 Å². The molecule has 2 saturated heterocycles. The van der Waals surface area contributed by atoms with Crippen molar-refractivity contribution in [3.8, 4) is 5.82 Å². The zero-order valence-corrected chi connectivity index (χ0v) is 13.9. The first-order valence-corrected chi connectivity index (χ1v) is 8.57. The number of fused-ring (bicyclic) bond motifs is 1. The van der Waals surface area contributed by atoms with Crippen LogP contribution in [0.1, 0.15) is 30.7 Å². The van der Waals surface area contributed by atoms with Gasteiger partial charge in [-0.25, -0.2) is 4.68 Å². The molecule has 23 heavy (non-hydrogen) atoms. The molecule has 0 aliphatic carbocycles. The third kappa shape index (κ3) is 2.83. The molecule has 122 valence electrons. The molecule has 6 heteroatoms. The molecule has 0 amide bonds. The number of aromatic nitrogens is 4. The average molecular weight is 312 g/mol. The minimum Gasteiger partial charge on any atom is -0.354 e. The van der Waals surface area contributed by atoms with Crippen LogP contribution in [0.25, 0.3) is 5.82 Å².